The Morgan fingerprint density at radius 2 is 2.41 bits per heavy atom. The lowest BCUT2D eigenvalue weighted by Gasteiger charge is -2.11. The van der Waals surface area contributed by atoms with Crippen molar-refractivity contribution in [2.75, 3.05) is 0 Å². The normalized spacial score (nSPS) is 12.8. The van der Waals surface area contributed by atoms with E-state index < -0.39 is 0 Å². The molecule has 2 rings (SSSR count). The highest BCUT2D eigenvalue weighted by Crippen LogP contribution is 2.05. The highest BCUT2D eigenvalue weighted by molar-refractivity contribution is 5.04. The summed E-state index contributed by atoms with van der Waals surface area (Å²) in [5, 5.41) is 7.71. The molecule has 0 bridgehead atoms. The fraction of sp³-hybridized carbons (Fsp3) is 0.462. The SMILES string of the molecule is CCn1cc(CNC(C)Cc2ccco2)cn1. The fourth-order valence-corrected chi connectivity index (χ4v) is 1.77. The monoisotopic (exact) mass is 233 g/mol. The first kappa shape index (κ1) is 11.9. The Hall–Kier alpha value is -1.55. The van der Waals surface area contributed by atoms with E-state index in [9.17, 15) is 0 Å². The van der Waals surface area contributed by atoms with Gasteiger partial charge in [0.15, 0.2) is 0 Å². The van der Waals surface area contributed by atoms with E-state index in [1.807, 2.05) is 23.0 Å². The summed E-state index contributed by atoms with van der Waals surface area (Å²) in [5.74, 6) is 1.02. The molecule has 1 unspecified atom stereocenters. The van der Waals surface area contributed by atoms with Crippen molar-refractivity contribution in [2.24, 2.45) is 0 Å². The molecule has 0 saturated carbocycles. The number of aromatic nitrogens is 2. The first-order chi connectivity index (χ1) is 8.28. The Bertz CT molecular complexity index is 433. The Balaban J connectivity index is 1.77. The van der Waals surface area contributed by atoms with E-state index >= 15 is 0 Å². The molecule has 4 nitrogen and oxygen atoms in total. The van der Waals surface area contributed by atoms with E-state index in [2.05, 4.69) is 30.5 Å². The molecule has 1 N–H and O–H groups in total. The fourth-order valence-electron chi connectivity index (χ4n) is 1.77. The maximum absolute atomic E-state index is 5.32. The van der Waals surface area contributed by atoms with Crippen molar-refractivity contribution in [1.82, 2.24) is 15.1 Å². The second-order valence-corrected chi connectivity index (χ2v) is 4.27. The Morgan fingerprint density at radius 3 is 3.06 bits per heavy atom. The first-order valence-electron chi connectivity index (χ1n) is 6.05. The van der Waals surface area contributed by atoms with Crippen LogP contribution in [0.5, 0.6) is 0 Å². The Kier molecular flexibility index (Phi) is 3.98. The molecule has 0 fully saturated rings. The zero-order chi connectivity index (χ0) is 12.1. The van der Waals surface area contributed by atoms with Crippen LogP contribution in [-0.2, 0) is 19.5 Å². The summed E-state index contributed by atoms with van der Waals surface area (Å²) < 4.78 is 7.26. The van der Waals surface area contributed by atoms with Gasteiger partial charge in [0.25, 0.3) is 0 Å². The van der Waals surface area contributed by atoms with Gasteiger partial charge in [0.2, 0.25) is 0 Å². The van der Waals surface area contributed by atoms with E-state index in [4.69, 9.17) is 4.42 Å². The van der Waals surface area contributed by atoms with Gasteiger partial charge < -0.3 is 9.73 Å². The van der Waals surface area contributed by atoms with Crippen LogP contribution >= 0.6 is 0 Å². The average Bonchev–Trinajstić information content (AvgIpc) is 2.96. The summed E-state index contributed by atoms with van der Waals surface area (Å²) in [4.78, 5) is 0. The minimum atomic E-state index is 0.395. The lowest BCUT2D eigenvalue weighted by atomic mass is 10.2. The second-order valence-electron chi connectivity index (χ2n) is 4.27. The maximum atomic E-state index is 5.32. The van der Waals surface area contributed by atoms with Gasteiger partial charge in [-0.05, 0) is 26.0 Å². The van der Waals surface area contributed by atoms with Gasteiger partial charge in [-0.2, -0.15) is 5.10 Å². The maximum Gasteiger partial charge on any atom is 0.105 e. The summed E-state index contributed by atoms with van der Waals surface area (Å²) in [5.41, 5.74) is 1.22. The topological polar surface area (TPSA) is 43.0 Å². The van der Waals surface area contributed by atoms with Crippen molar-refractivity contribution in [3.63, 3.8) is 0 Å². The van der Waals surface area contributed by atoms with Gasteiger partial charge in [0.05, 0.1) is 12.5 Å². The summed E-state index contributed by atoms with van der Waals surface area (Å²) in [6.07, 6.45) is 6.62. The predicted octanol–water partition coefficient (Wildman–Crippen LogP) is 2.22. The minimum absolute atomic E-state index is 0.395. The molecular formula is C13H19N3O. The first-order valence-corrected chi connectivity index (χ1v) is 6.05. The van der Waals surface area contributed by atoms with Crippen LogP contribution in [0.4, 0.5) is 0 Å². The lowest BCUT2D eigenvalue weighted by Crippen LogP contribution is -2.27. The molecule has 0 saturated heterocycles. The Morgan fingerprint density at radius 1 is 1.53 bits per heavy atom. The van der Waals surface area contributed by atoms with Crippen LogP contribution in [0.3, 0.4) is 0 Å². The van der Waals surface area contributed by atoms with Crippen LogP contribution in [-0.4, -0.2) is 15.8 Å². The van der Waals surface area contributed by atoms with Crippen molar-refractivity contribution in [2.45, 2.75) is 39.4 Å². The number of hydrogen-bond acceptors (Lipinski definition) is 3. The van der Waals surface area contributed by atoms with Crippen LogP contribution in [0.2, 0.25) is 0 Å². The molecular weight excluding hydrogens is 214 g/mol. The summed E-state index contributed by atoms with van der Waals surface area (Å²) in [6, 6.07) is 4.33. The molecule has 92 valence electrons. The molecule has 0 amide bonds. The molecule has 2 aromatic rings. The van der Waals surface area contributed by atoms with E-state index in [1.165, 1.54) is 5.56 Å². The van der Waals surface area contributed by atoms with E-state index in [0.29, 0.717) is 6.04 Å². The molecule has 0 aliphatic carbocycles. The molecule has 0 aliphatic heterocycles. The highest BCUT2D eigenvalue weighted by Gasteiger charge is 2.05. The number of nitrogens with one attached hydrogen (secondary N) is 1. The Labute approximate surface area is 102 Å². The standard InChI is InChI=1S/C13H19N3O/c1-3-16-10-12(9-15-16)8-14-11(2)7-13-5-4-6-17-13/h4-6,9-11,14H,3,7-8H2,1-2H3. The van der Waals surface area contributed by atoms with Gasteiger partial charge in [0.1, 0.15) is 5.76 Å². The van der Waals surface area contributed by atoms with Crippen LogP contribution < -0.4 is 5.32 Å². The van der Waals surface area contributed by atoms with Crippen LogP contribution in [0.25, 0.3) is 0 Å². The molecule has 0 aromatic carbocycles. The number of hydrogen-bond donors (Lipinski definition) is 1. The smallest absolute Gasteiger partial charge is 0.105 e. The molecule has 17 heavy (non-hydrogen) atoms. The van der Waals surface area contributed by atoms with Gasteiger partial charge in [-0.3, -0.25) is 4.68 Å². The van der Waals surface area contributed by atoms with Crippen LogP contribution in [0.15, 0.2) is 35.2 Å². The second kappa shape index (κ2) is 5.68. The van der Waals surface area contributed by atoms with Gasteiger partial charge in [0, 0.05) is 37.3 Å². The zero-order valence-electron chi connectivity index (χ0n) is 10.4. The van der Waals surface area contributed by atoms with E-state index in [1.54, 1.807) is 6.26 Å². The zero-order valence-corrected chi connectivity index (χ0v) is 10.4. The largest absolute Gasteiger partial charge is 0.469 e. The summed E-state index contributed by atoms with van der Waals surface area (Å²) in [7, 11) is 0. The molecule has 0 aliphatic rings. The van der Waals surface area contributed by atoms with Crippen molar-refractivity contribution >= 4 is 0 Å². The molecule has 2 aromatic heterocycles. The average molecular weight is 233 g/mol. The quantitative estimate of drug-likeness (QED) is 0.832. The van der Waals surface area contributed by atoms with E-state index in [0.717, 1.165) is 25.3 Å². The molecule has 0 radical (unpaired) electrons. The third-order valence-corrected chi connectivity index (χ3v) is 2.75. The van der Waals surface area contributed by atoms with Crippen LogP contribution in [0.1, 0.15) is 25.2 Å². The molecule has 1 atom stereocenters. The van der Waals surface area contributed by atoms with Gasteiger partial charge >= 0.3 is 0 Å². The third kappa shape index (κ3) is 3.46. The molecule has 4 heteroatoms. The number of furan rings is 1. The van der Waals surface area contributed by atoms with Gasteiger partial charge in [-0.25, -0.2) is 0 Å². The van der Waals surface area contributed by atoms with E-state index in [-0.39, 0.29) is 0 Å². The number of aryl methyl sites for hydroxylation is 1. The van der Waals surface area contributed by atoms with Crippen molar-refractivity contribution in [3.05, 3.63) is 42.1 Å². The lowest BCUT2D eigenvalue weighted by molar-refractivity contribution is 0.456. The van der Waals surface area contributed by atoms with Crippen LogP contribution in [0, 0.1) is 0 Å². The minimum Gasteiger partial charge on any atom is -0.469 e. The van der Waals surface area contributed by atoms with Crippen molar-refractivity contribution in [1.29, 1.82) is 0 Å². The summed E-state index contributed by atoms with van der Waals surface area (Å²) >= 11 is 0. The summed E-state index contributed by atoms with van der Waals surface area (Å²) in [6.45, 7) is 6.01. The predicted molar refractivity (Wildman–Crippen MR) is 66.6 cm³/mol. The third-order valence-electron chi connectivity index (χ3n) is 2.75. The molecule has 0 spiro atoms. The van der Waals surface area contributed by atoms with Crippen molar-refractivity contribution in [3.8, 4) is 0 Å². The molecule has 2 heterocycles. The van der Waals surface area contributed by atoms with Crippen molar-refractivity contribution < 1.29 is 4.42 Å². The number of rotatable bonds is 6. The van der Waals surface area contributed by atoms with Gasteiger partial charge in [-0.1, -0.05) is 0 Å². The highest BCUT2D eigenvalue weighted by atomic mass is 16.3. The number of nitrogens with zero attached hydrogens (tertiary/aromatic N) is 2. The van der Waals surface area contributed by atoms with Gasteiger partial charge in [-0.15, -0.1) is 0 Å².